The van der Waals surface area contributed by atoms with Crippen molar-refractivity contribution in [2.45, 2.75) is 43.9 Å². The van der Waals surface area contributed by atoms with E-state index in [0.717, 1.165) is 104 Å². The zero-order chi connectivity index (χ0) is 49.9. The summed E-state index contributed by atoms with van der Waals surface area (Å²) in [5.41, 5.74) is 13.2. The van der Waals surface area contributed by atoms with E-state index in [9.17, 15) is 0 Å². The van der Waals surface area contributed by atoms with Crippen LogP contribution in [0.15, 0.2) is 228 Å². The normalized spacial score (nSPS) is 11.4. The van der Waals surface area contributed by atoms with E-state index in [1.54, 1.807) is 24.8 Å². The van der Waals surface area contributed by atoms with Gasteiger partial charge in [-0.05, 0) is 132 Å². The van der Waals surface area contributed by atoms with Gasteiger partial charge in [-0.25, -0.2) is 0 Å². The summed E-state index contributed by atoms with van der Waals surface area (Å²) in [6, 6.07) is 77.5. The van der Waals surface area contributed by atoms with E-state index in [4.69, 9.17) is 9.47 Å². The molecule has 2 radical (unpaired) electrons. The second-order valence-electron chi connectivity index (χ2n) is 17.4. The first-order chi connectivity index (χ1) is 36.0. The minimum atomic E-state index is -0.0888. The summed E-state index contributed by atoms with van der Waals surface area (Å²) >= 11 is 7.58. The van der Waals surface area contributed by atoms with Crippen LogP contribution in [-0.2, 0) is 45.6 Å². The topological polar surface area (TPSA) is 70.0 Å². The number of hydrogen-bond donors (Lipinski definition) is 0. The Labute approximate surface area is 485 Å². The fourth-order valence-electron chi connectivity index (χ4n) is 9.05. The summed E-state index contributed by atoms with van der Waals surface area (Å²) in [4.78, 5) is 17.3. The Bertz CT molecular complexity index is 2940. The van der Waals surface area contributed by atoms with Crippen LogP contribution in [0, 0.1) is 24.3 Å². The van der Waals surface area contributed by atoms with Crippen molar-refractivity contribution in [1.82, 2.24) is 19.9 Å². The fraction of sp³-hybridized carbons (Fsp3) is 0.138. The number of aromatic nitrogens is 4. The number of rotatable bonds is 16. The van der Waals surface area contributed by atoms with E-state index in [0.29, 0.717) is 13.2 Å². The molecular weight excluding hydrogens is 1410 g/mol. The van der Waals surface area contributed by atoms with E-state index in [2.05, 4.69) is 112 Å². The predicted octanol–water partition coefficient (Wildman–Crippen LogP) is 16.8. The summed E-state index contributed by atoms with van der Waals surface area (Å²) in [6.45, 7) is 1.32. The molecule has 1 aliphatic carbocycles. The Morgan fingerprint density at radius 1 is 0.387 bits per heavy atom. The van der Waals surface area contributed by atoms with Gasteiger partial charge < -0.3 is 29.4 Å². The second-order valence-corrected chi connectivity index (χ2v) is 19.2. The third kappa shape index (κ3) is 15.4. The van der Waals surface area contributed by atoms with Crippen molar-refractivity contribution < 1.29 is 49.7 Å². The molecule has 11 rings (SSSR count). The molecule has 6 aromatic carbocycles. The summed E-state index contributed by atoms with van der Waals surface area (Å²) in [7, 11) is 0. The van der Waals surface area contributed by atoms with Crippen molar-refractivity contribution in [3.63, 3.8) is 0 Å². The van der Waals surface area contributed by atoms with Gasteiger partial charge in [0.2, 0.25) is 0 Å². The molecule has 4 heterocycles. The maximum absolute atomic E-state index is 6.17. The van der Waals surface area contributed by atoms with Gasteiger partial charge in [-0.3, -0.25) is 0 Å². The van der Waals surface area contributed by atoms with Gasteiger partial charge in [0, 0.05) is 90.9 Å². The first-order valence-corrected chi connectivity index (χ1v) is 26.1. The van der Waals surface area contributed by atoms with Crippen molar-refractivity contribution in [2.24, 2.45) is 0 Å². The van der Waals surface area contributed by atoms with Gasteiger partial charge >= 0.3 is 0 Å². The predicted molar refractivity (Wildman–Crippen MR) is 301 cm³/mol. The van der Waals surface area contributed by atoms with Gasteiger partial charge in [0.15, 0.2) is 0 Å². The minimum absolute atomic E-state index is 0. The zero-order valence-corrected chi connectivity index (χ0v) is 48.9. The van der Waals surface area contributed by atoms with Gasteiger partial charge in [0.1, 0.15) is 0 Å². The number of benzene rings is 6. The standard InChI is InChI=1S/C43H36Br2N2O2.2C11H8N.2Ir/c44-33-15-21-37-38-22-16-34(45)30-40(38)43(39(37)29-33,23-3-7-27-48-35-17-11-31(12-18-35)41-9-1-5-25-46-41)24-4-8-28-49-36-19-13-32(14-20-36)42-10-2-6-26-47-42;2*1-2-6-10(7-3-1)11-8-4-5-9-12-11;;/h1-2,5-6,9-11,13,15-22,25-26,29-30H,3-4,7-8,23-24,27-28H2;2*1-6,8-9H;;/q-2;2*-1;;. The molecule has 380 valence electrons. The first kappa shape index (κ1) is 56.5. The van der Waals surface area contributed by atoms with E-state index >= 15 is 0 Å². The van der Waals surface area contributed by atoms with Crippen molar-refractivity contribution in [3.05, 3.63) is 263 Å². The van der Waals surface area contributed by atoms with Gasteiger partial charge in [0.25, 0.3) is 0 Å². The quantitative estimate of drug-likeness (QED) is 0.0709. The Morgan fingerprint density at radius 2 is 0.760 bits per heavy atom. The van der Waals surface area contributed by atoms with Crippen LogP contribution in [0.2, 0.25) is 0 Å². The first-order valence-electron chi connectivity index (χ1n) is 24.5. The molecule has 4 aromatic heterocycles. The number of unbranched alkanes of at least 4 members (excludes halogenated alkanes) is 2. The van der Waals surface area contributed by atoms with Crippen LogP contribution in [0.1, 0.15) is 49.7 Å². The maximum atomic E-state index is 6.17. The molecule has 10 heteroatoms. The van der Waals surface area contributed by atoms with Crippen molar-refractivity contribution in [2.75, 3.05) is 13.2 Å². The molecule has 0 N–H and O–H groups in total. The second kappa shape index (κ2) is 29.2. The minimum Gasteiger partial charge on any atom is -0.537 e. The number of hydrogen-bond acceptors (Lipinski definition) is 6. The SMILES string of the molecule is Brc1ccc2c(c1)C(CCCCOc1c[c-]c(-c3ccccn3)cc1)(CCCCOc1c[c-]c(-c3ccccn3)cc1)c1cc(Br)ccc1-2.[Ir].[Ir].[c-]1ccccc1-c1ccccn1.[c-]1ccccc1-c1ccccn1. The molecule has 0 bridgehead atoms. The molecule has 0 unspecified atom stereocenters. The summed E-state index contributed by atoms with van der Waals surface area (Å²) in [5.74, 6) is 1.67. The molecule has 1 aliphatic rings. The Hall–Kier alpha value is -6.22. The molecule has 0 fully saturated rings. The monoisotopic (exact) mass is 1460 g/mol. The summed E-state index contributed by atoms with van der Waals surface area (Å²) < 4.78 is 14.6. The zero-order valence-electron chi connectivity index (χ0n) is 41.0. The Kier molecular flexibility index (Phi) is 22.0. The number of ether oxygens (including phenoxy) is 2. The van der Waals surface area contributed by atoms with Crippen molar-refractivity contribution >= 4 is 31.9 Å². The third-order valence-corrected chi connectivity index (χ3v) is 13.6. The van der Waals surface area contributed by atoms with Gasteiger partial charge in [-0.15, -0.1) is 131 Å². The van der Waals surface area contributed by atoms with Crippen LogP contribution in [0.3, 0.4) is 0 Å². The van der Waals surface area contributed by atoms with Gasteiger partial charge in [-0.2, -0.15) is 0 Å². The average molecular weight is 1470 g/mol. The molecule has 0 saturated heterocycles. The molecule has 0 saturated carbocycles. The van der Waals surface area contributed by atoms with Crippen LogP contribution >= 0.6 is 31.9 Å². The maximum Gasteiger partial charge on any atom is 0.0755 e. The van der Waals surface area contributed by atoms with Crippen LogP contribution in [-0.4, -0.2) is 33.1 Å². The van der Waals surface area contributed by atoms with Crippen LogP contribution in [0.25, 0.3) is 56.2 Å². The molecule has 0 atom stereocenters. The smallest absolute Gasteiger partial charge is 0.0755 e. The number of pyridine rings is 4. The molecular formula is C65H52Br2Ir2N4O2-4. The van der Waals surface area contributed by atoms with E-state index in [1.807, 2.05) is 158 Å². The van der Waals surface area contributed by atoms with Crippen molar-refractivity contribution in [3.8, 4) is 67.7 Å². The van der Waals surface area contributed by atoms with Gasteiger partial charge in [0.05, 0.1) is 13.2 Å². The molecule has 0 spiro atoms. The molecule has 0 amide bonds. The van der Waals surface area contributed by atoms with E-state index in [-0.39, 0.29) is 45.6 Å². The molecule has 0 aliphatic heterocycles. The molecule has 6 nitrogen and oxygen atoms in total. The average Bonchev–Trinajstić information content (AvgIpc) is 3.72. The van der Waals surface area contributed by atoms with E-state index in [1.165, 1.54) is 22.3 Å². The number of nitrogens with zero attached hydrogens (tertiary/aromatic N) is 4. The summed E-state index contributed by atoms with van der Waals surface area (Å²) in [6.07, 6.45) is 13.3. The van der Waals surface area contributed by atoms with Crippen LogP contribution in [0.5, 0.6) is 11.5 Å². The van der Waals surface area contributed by atoms with Crippen LogP contribution < -0.4 is 9.47 Å². The largest absolute Gasteiger partial charge is 0.537 e. The number of fused-ring (bicyclic) bond motifs is 3. The number of halogens is 2. The third-order valence-electron chi connectivity index (χ3n) is 12.6. The summed E-state index contributed by atoms with van der Waals surface area (Å²) in [5, 5.41) is 0. The van der Waals surface area contributed by atoms with Crippen LogP contribution in [0.4, 0.5) is 0 Å². The Balaban J connectivity index is 0.000000256. The van der Waals surface area contributed by atoms with Crippen molar-refractivity contribution in [1.29, 1.82) is 0 Å². The molecule has 75 heavy (non-hydrogen) atoms. The van der Waals surface area contributed by atoms with E-state index < -0.39 is 0 Å². The van der Waals surface area contributed by atoms with Gasteiger partial charge in [-0.1, -0.05) is 92.5 Å². The fourth-order valence-corrected chi connectivity index (χ4v) is 9.78. The Morgan fingerprint density at radius 3 is 1.08 bits per heavy atom. The molecule has 10 aromatic rings.